The summed E-state index contributed by atoms with van der Waals surface area (Å²) < 4.78 is 6.36. The van der Waals surface area contributed by atoms with Crippen LogP contribution >= 0.6 is 47.5 Å². The van der Waals surface area contributed by atoms with Crippen LogP contribution in [-0.2, 0) is 28.2 Å². The average Bonchev–Trinajstić information content (AvgIpc) is 3.94. The van der Waals surface area contributed by atoms with E-state index in [1.165, 1.54) is 86.3 Å². The maximum atomic E-state index is 2.82. The molecule has 2 atom stereocenters. The molecule has 60 heavy (non-hydrogen) atoms. The van der Waals surface area contributed by atoms with Gasteiger partial charge in [0.05, 0.1) is 0 Å². The molecule has 8 rings (SSSR count). The quantitative estimate of drug-likeness (QED) is 0.146. The Morgan fingerprint density at radius 3 is 1.12 bits per heavy atom. The van der Waals surface area contributed by atoms with Crippen LogP contribution in [0.2, 0.25) is 9.26 Å². The fourth-order valence-corrected chi connectivity index (χ4v) is 31.1. The van der Waals surface area contributed by atoms with Crippen LogP contribution in [0.25, 0.3) is 45.6 Å². The van der Waals surface area contributed by atoms with E-state index in [1.54, 1.807) is 22.3 Å². The number of hydrogen-bond acceptors (Lipinski definition) is 2. The monoisotopic (exact) mass is 964 g/mol. The summed E-state index contributed by atoms with van der Waals surface area (Å²) in [7, 11) is 0. The predicted octanol–water partition coefficient (Wildman–Crippen LogP) is 16.7. The van der Waals surface area contributed by atoms with E-state index in [4.69, 9.17) is 0 Å². The van der Waals surface area contributed by atoms with Gasteiger partial charge in [0.15, 0.2) is 0 Å². The summed E-state index contributed by atoms with van der Waals surface area (Å²) in [6.45, 7) is 30.3. The first-order valence-electron chi connectivity index (χ1n) is 21.2. The molecule has 0 N–H and O–H groups in total. The molecule has 0 radical (unpaired) electrons. The topological polar surface area (TPSA) is 0 Å². The molecule has 6 heteroatoms. The Labute approximate surface area is 384 Å². The fourth-order valence-electron chi connectivity index (χ4n) is 10.4. The Balaban J connectivity index is 0.00000302. The first-order valence-corrected chi connectivity index (χ1v) is 36.5. The van der Waals surface area contributed by atoms with Crippen molar-refractivity contribution in [3.8, 4) is 22.3 Å². The van der Waals surface area contributed by atoms with Gasteiger partial charge in [-0.3, -0.25) is 0 Å². The van der Waals surface area contributed by atoms with Crippen molar-refractivity contribution in [2.24, 2.45) is 0 Å². The first kappa shape index (κ1) is 46.9. The summed E-state index contributed by atoms with van der Waals surface area (Å²) in [5.74, 6) is 0. The molecule has 0 aliphatic heterocycles. The summed E-state index contributed by atoms with van der Waals surface area (Å²) in [4.78, 5) is 5.64. The van der Waals surface area contributed by atoms with Crippen LogP contribution in [0.3, 0.4) is 0 Å². The van der Waals surface area contributed by atoms with Gasteiger partial charge in [-0.2, -0.15) is 0 Å². The minimum atomic E-state index is -4.14. The van der Waals surface area contributed by atoms with E-state index >= 15 is 0 Å². The maximum Gasteiger partial charge on any atom is -0.147 e. The SMILES string of the molecule is Cc1ccc(C2=Cc3c(cc(C)c(C)c3-c3ccc(C(C)(C)C)cc3)[CH]2[Zr]([CH3])([CH3])(=[SiH2])[CH]2C(c3ccc(C)s3)=Cc3c2cc(C)c(C)c3-c2ccc(C(C)(C)C)cc2)s1.Cl.Cl. The number of allylic oxidation sites excluding steroid dienone is 2. The second-order valence-corrected chi connectivity index (χ2v) is 53.9. The fraction of sp³-hybridized carbons (Fsp3) is 0.333. The van der Waals surface area contributed by atoms with Crippen molar-refractivity contribution in [2.45, 2.75) is 110 Å². The molecule has 0 spiro atoms. The molecule has 4 aromatic carbocycles. The maximum absolute atomic E-state index is 4.14. The molecule has 0 saturated heterocycles. The van der Waals surface area contributed by atoms with E-state index in [0.29, 0.717) is 7.25 Å². The average molecular weight is 967 g/mol. The third-order valence-electron chi connectivity index (χ3n) is 13.7. The van der Waals surface area contributed by atoms with Gasteiger partial charge in [-0.05, 0) is 0 Å². The molecule has 0 fully saturated rings. The molecule has 2 aromatic heterocycles. The smallest absolute Gasteiger partial charge is 0.147 e. The zero-order valence-electron chi connectivity index (χ0n) is 38.2. The van der Waals surface area contributed by atoms with Gasteiger partial charge in [0.25, 0.3) is 0 Å². The predicted molar refractivity (Wildman–Crippen MR) is 274 cm³/mol. The number of thiophene rings is 2. The van der Waals surface area contributed by atoms with Gasteiger partial charge in [0, 0.05) is 0 Å². The number of benzene rings is 4. The molecule has 314 valence electrons. The third kappa shape index (κ3) is 7.99. The van der Waals surface area contributed by atoms with Crippen molar-refractivity contribution < 1.29 is 17.4 Å². The first-order chi connectivity index (χ1) is 27.0. The number of rotatable bonds is 6. The Kier molecular flexibility index (Phi) is 12.7. The van der Waals surface area contributed by atoms with E-state index in [1.807, 2.05) is 22.7 Å². The summed E-state index contributed by atoms with van der Waals surface area (Å²) in [5, 5.41) is 0. The zero-order chi connectivity index (χ0) is 41.9. The van der Waals surface area contributed by atoms with Gasteiger partial charge >= 0.3 is 363 Å². The van der Waals surface area contributed by atoms with Crippen molar-refractivity contribution in [1.82, 2.24) is 0 Å². The summed E-state index contributed by atoms with van der Waals surface area (Å²) >= 11 is -0.177. The second kappa shape index (κ2) is 16.2. The Morgan fingerprint density at radius 2 is 0.833 bits per heavy atom. The van der Waals surface area contributed by atoms with Crippen molar-refractivity contribution >= 4 is 77.7 Å². The molecular formula is C54H64Cl2S2SiZr. The van der Waals surface area contributed by atoms with Gasteiger partial charge in [-0.15, -0.1) is 24.8 Å². The minimum Gasteiger partial charge on any atom is -0.147 e. The standard InChI is InChI=1S/2C26H27S.2CH3.2ClH.H2Si.Zr/c2*1-16-13-20-14-21(24-12-7-17(2)27-24)15-23(20)25(18(16)3)19-8-10-22(11-9-19)26(4,5)6;;;;;;/h2*7-15H,1-6H3;2*1H3;2*1H;1H2;. The van der Waals surface area contributed by atoms with E-state index in [-0.39, 0.29) is 35.6 Å². The summed E-state index contributed by atoms with van der Waals surface area (Å²) in [5.41, 5.74) is 23.2. The largest absolute Gasteiger partial charge is 0.147 e. The van der Waals surface area contributed by atoms with Crippen molar-refractivity contribution in [2.75, 3.05) is 0 Å². The second-order valence-electron chi connectivity index (χ2n) is 20.9. The molecule has 0 amide bonds. The molecule has 2 aliphatic rings. The number of halogens is 2. The molecule has 0 nitrogen and oxygen atoms in total. The van der Waals surface area contributed by atoms with Crippen LogP contribution in [0.4, 0.5) is 0 Å². The van der Waals surface area contributed by atoms with Crippen molar-refractivity contribution in [3.63, 3.8) is 0 Å². The summed E-state index contributed by atoms with van der Waals surface area (Å²) in [6, 6.07) is 33.8. The van der Waals surface area contributed by atoms with Gasteiger partial charge in [0.2, 0.25) is 0 Å². The number of aryl methyl sites for hydroxylation is 4. The Bertz CT molecular complexity index is 2590. The van der Waals surface area contributed by atoms with Crippen molar-refractivity contribution in [1.29, 1.82) is 0 Å². The van der Waals surface area contributed by atoms with Crippen molar-refractivity contribution in [3.05, 3.63) is 160 Å². The number of fused-ring (bicyclic) bond motifs is 2. The minimum absolute atomic E-state index is 0. The Hall–Kier alpha value is -2.56. The summed E-state index contributed by atoms with van der Waals surface area (Å²) in [6.07, 6.45) is 5.30. The normalized spacial score (nSPS) is 16.4. The van der Waals surface area contributed by atoms with Gasteiger partial charge in [-0.1, -0.05) is 0 Å². The van der Waals surface area contributed by atoms with E-state index in [2.05, 4.69) is 196 Å². The van der Waals surface area contributed by atoms with Crippen LogP contribution < -0.4 is 0 Å². The van der Waals surface area contributed by atoms with Gasteiger partial charge < -0.3 is 0 Å². The molecule has 0 saturated carbocycles. The molecule has 2 heterocycles. The molecule has 6 aromatic rings. The van der Waals surface area contributed by atoms with E-state index in [9.17, 15) is 0 Å². The van der Waals surface area contributed by atoms with Crippen LogP contribution in [0.15, 0.2) is 84.9 Å². The Morgan fingerprint density at radius 1 is 0.500 bits per heavy atom. The van der Waals surface area contributed by atoms with E-state index in [0.717, 1.165) is 0 Å². The number of hydrogen-bond donors (Lipinski definition) is 0. The van der Waals surface area contributed by atoms with Crippen LogP contribution in [0.5, 0.6) is 0 Å². The van der Waals surface area contributed by atoms with Crippen LogP contribution in [-0.4, -0.2) is 6.88 Å². The van der Waals surface area contributed by atoms with Crippen LogP contribution in [0.1, 0.15) is 124 Å². The van der Waals surface area contributed by atoms with E-state index < -0.39 is 17.4 Å². The molecule has 0 bridgehead atoms. The van der Waals surface area contributed by atoms with Crippen LogP contribution in [0, 0.1) is 41.5 Å². The third-order valence-corrected chi connectivity index (χ3v) is 33.0. The molecular weight excluding hydrogens is 903 g/mol. The van der Waals surface area contributed by atoms with Gasteiger partial charge in [-0.25, -0.2) is 0 Å². The zero-order valence-corrected chi connectivity index (χ0v) is 45.4. The molecule has 2 aliphatic carbocycles. The van der Waals surface area contributed by atoms with Gasteiger partial charge in [0.1, 0.15) is 0 Å². The molecule has 2 unspecified atom stereocenters.